The Morgan fingerprint density at radius 1 is 0.935 bits per heavy atom. The molecule has 250 valence electrons. The number of anilines is 1. The van der Waals surface area contributed by atoms with Crippen LogP contribution >= 0.6 is 11.6 Å². The predicted molar refractivity (Wildman–Crippen MR) is 180 cm³/mol. The molecule has 4 fully saturated rings. The summed E-state index contributed by atoms with van der Waals surface area (Å²) >= 11 is 6.95. The number of ether oxygens (including phenoxy) is 6. The molecule has 2 aromatic heterocycles. The molecule has 46 heavy (non-hydrogen) atoms. The van der Waals surface area contributed by atoms with Crippen molar-refractivity contribution in [2.45, 2.75) is 101 Å². The van der Waals surface area contributed by atoms with E-state index in [1.165, 1.54) is 5.56 Å². The van der Waals surface area contributed by atoms with E-state index in [2.05, 4.69) is 54.9 Å². The van der Waals surface area contributed by atoms with Crippen LogP contribution in [0.1, 0.15) is 43.6 Å². The Bertz CT molecular complexity index is 1460. The van der Waals surface area contributed by atoms with Crippen LogP contribution in [0.2, 0.25) is 30.7 Å². The number of hydrogen-bond donors (Lipinski definition) is 0. The lowest BCUT2D eigenvalue weighted by Gasteiger charge is -2.33. The first-order valence-corrected chi connectivity index (χ1v) is 21.0. The highest BCUT2D eigenvalue weighted by molar-refractivity contribution is 6.76. The van der Waals surface area contributed by atoms with Crippen LogP contribution in [0.4, 0.5) is 5.82 Å². The average Bonchev–Trinajstić information content (AvgIpc) is 3.74. The number of benzene rings is 1. The summed E-state index contributed by atoms with van der Waals surface area (Å²) in [5.74, 6) is 1.31. The van der Waals surface area contributed by atoms with E-state index in [4.69, 9.17) is 50.0 Å². The molecule has 0 saturated carbocycles. The standard InChI is InChI=1S/C34H47ClN4O6Si/c1-46(2,3)18-17-40-22-39-26-19-25(35)33(38-14-12-24(13-15-38)23-9-5-4-6-10-23)36-32(26)37-34(39)45-28-21-43-30-27(20-42-31(28)30)44-29-11-7-8-16-41-29/h4-6,9-10,19,24,27-31H,7-8,11-18,20-22H2,1-3H3/t27-,28-,29?,30-,31-/m1/s1. The summed E-state index contributed by atoms with van der Waals surface area (Å²) in [6, 6.07) is 14.2. The maximum Gasteiger partial charge on any atom is 0.301 e. The minimum absolute atomic E-state index is 0.181. The molecule has 4 saturated heterocycles. The van der Waals surface area contributed by atoms with Gasteiger partial charge in [-0.15, -0.1) is 0 Å². The van der Waals surface area contributed by atoms with Gasteiger partial charge in [0.05, 0.1) is 23.8 Å². The van der Waals surface area contributed by atoms with Gasteiger partial charge in [-0.05, 0) is 55.7 Å². The number of pyridine rings is 1. The molecule has 4 aliphatic rings. The summed E-state index contributed by atoms with van der Waals surface area (Å²) in [6.45, 7) is 11.4. The van der Waals surface area contributed by atoms with E-state index >= 15 is 0 Å². The molecule has 6 heterocycles. The van der Waals surface area contributed by atoms with Crippen LogP contribution in [-0.2, 0) is 30.4 Å². The number of piperidine rings is 1. The van der Waals surface area contributed by atoms with Gasteiger partial charge in [-0.1, -0.05) is 61.6 Å². The monoisotopic (exact) mass is 670 g/mol. The van der Waals surface area contributed by atoms with Crippen molar-refractivity contribution in [2.24, 2.45) is 0 Å². The van der Waals surface area contributed by atoms with E-state index in [-0.39, 0.29) is 30.7 Å². The largest absolute Gasteiger partial charge is 0.456 e. The molecule has 4 aliphatic heterocycles. The third-order valence-corrected chi connectivity index (χ3v) is 11.6. The van der Waals surface area contributed by atoms with Crippen molar-refractivity contribution >= 4 is 36.7 Å². The molecule has 0 bridgehead atoms. The fourth-order valence-electron chi connectivity index (χ4n) is 6.91. The van der Waals surface area contributed by atoms with Gasteiger partial charge in [0.1, 0.15) is 30.9 Å². The molecule has 12 heteroatoms. The maximum atomic E-state index is 6.95. The molecule has 0 aliphatic carbocycles. The maximum absolute atomic E-state index is 6.95. The van der Waals surface area contributed by atoms with Gasteiger partial charge in [-0.3, -0.25) is 4.57 Å². The normalized spacial score (nSPS) is 27.4. The number of nitrogens with zero attached hydrogens (tertiary/aromatic N) is 4. The summed E-state index contributed by atoms with van der Waals surface area (Å²) < 4.78 is 39.1. The second kappa shape index (κ2) is 14.1. The highest BCUT2D eigenvalue weighted by Gasteiger charge is 2.50. The Labute approximate surface area is 277 Å². The molecule has 3 aromatic rings. The number of fused-ring (bicyclic) bond motifs is 2. The first kappa shape index (κ1) is 32.3. The fraction of sp³-hybridized carbons (Fsp3) is 0.647. The Morgan fingerprint density at radius 2 is 1.70 bits per heavy atom. The van der Waals surface area contributed by atoms with Gasteiger partial charge in [0.15, 0.2) is 18.0 Å². The lowest BCUT2D eigenvalue weighted by atomic mass is 9.89. The van der Waals surface area contributed by atoms with Gasteiger partial charge in [-0.2, -0.15) is 4.98 Å². The Morgan fingerprint density at radius 3 is 2.43 bits per heavy atom. The smallest absolute Gasteiger partial charge is 0.301 e. The lowest BCUT2D eigenvalue weighted by Crippen LogP contribution is -2.38. The minimum Gasteiger partial charge on any atom is -0.456 e. The van der Waals surface area contributed by atoms with Crippen molar-refractivity contribution in [2.75, 3.05) is 44.4 Å². The van der Waals surface area contributed by atoms with Crippen molar-refractivity contribution in [3.8, 4) is 6.01 Å². The quantitative estimate of drug-likeness (QED) is 0.174. The minimum atomic E-state index is -1.25. The van der Waals surface area contributed by atoms with Crippen LogP contribution in [0.5, 0.6) is 6.01 Å². The van der Waals surface area contributed by atoms with Crippen LogP contribution < -0.4 is 9.64 Å². The van der Waals surface area contributed by atoms with E-state index in [9.17, 15) is 0 Å². The Kier molecular flexibility index (Phi) is 9.89. The summed E-state index contributed by atoms with van der Waals surface area (Å²) in [5.41, 5.74) is 2.78. The van der Waals surface area contributed by atoms with Crippen LogP contribution in [0.15, 0.2) is 36.4 Å². The second-order valence-corrected chi connectivity index (χ2v) is 20.2. The number of hydrogen-bond acceptors (Lipinski definition) is 9. The summed E-state index contributed by atoms with van der Waals surface area (Å²) in [5, 5.41) is 0.605. The number of aromatic nitrogens is 3. The molecular formula is C34H47ClN4O6Si. The first-order valence-electron chi connectivity index (χ1n) is 16.9. The van der Waals surface area contributed by atoms with E-state index in [0.717, 1.165) is 69.2 Å². The molecule has 0 radical (unpaired) electrons. The van der Waals surface area contributed by atoms with Crippen LogP contribution in [0, 0.1) is 0 Å². The fourth-order valence-corrected chi connectivity index (χ4v) is 7.93. The van der Waals surface area contributed by atoms with Gasteiger partial charge in [-0.25, -0.2) is 4.98 Å². The van der Waals surface area contributed by atoms with E-state index in [1.807, 2.05) is 10.6 Å². The average molecular weight is 671 g/mol. The lowest BCUT2D eigenvalue weighted by molar-refractivity contribution is -0.202. The summed E-state index contributed by atoms with van der Waals surface area (Å²) in [4.78, 5) is 12.2. The van der Waals surface area contributed by atoms with Crippen molar-refractivity contribution in [3.63, 3.8) is 0 Å². The number of rotatable bonds is 11. The molecule has 0 amide bonds. The predicted octanol–water partition coefficient (Wildman–Crippen LogP) is 6.24. The van der Waals surface area contributed by atoms with Gasteiger partial charge in [0.25, 0.3) is 0 Å². The van der Waals surface area contributed by atoms with Crippen LogP contribution in [-0.4, -0.2) is 92.8 Å². The summed E-state index contributed by atoms with van der Waals surface area (Å²) in [7, 11) is -1.25. The SMILES string of the molecule is C[Si](C)(C)CCOCn1c(O[C@@H]2CO[C@H]3[C@@H]2OC[C@H]3OC2CCCCO2)nc2nc(N3CCC(c4ccccc4)CC3)c(Cl)cc21. The Balaban J connectivity index is 1.08. The zero-order valence-electron chi connectivity index (χ0n) is 27.2. The van der Waals surface area contributed by atoms with Gasteiger partial charge in [0.2, 0.25) is 0 Å². The van der Waals surface area contributed by atoms with Gasteiger partial charge < -0.3 is 33.3 Å². The molecule has 1 unspecified atom stereocenters. The zero-order chi connectivity index (χ0) is 31.7. The molecule has 5 atom stereocenters. The highest BCUT2D eigenvalue weighted by atomic mass is 35.5. The van der Waals surface area contributed by atoms with Crippen LogP contribution in [0.25, 0.3) is 11.2 Å². The molecular weight excluding hydrogens is 624 g/mol. The van der Waals surface area contributed by atoms with Crippen molar-refractivity contribution in [3.05, 3.63) is 47.0 Å². The Hall–Kier alpha value is -2.25. The molecule has 0 N–H and O–H groups in total. The first-order chi connectivity index (χ1) is 22.3. The van der Waals surface area contributed by atoms with Crippen LogP contribution in [0.3, 0.4) is 0 Å². The number of halogens is 1. The van der Waals surface area contributed by atoms with E-state index < -0.39 is 8.07 Å². The number of imidazole rings is 1. The van der Waals surface area contributed by atoms with E-state index in [1.54, 1.807) is 0 Å². The van der Waals surface area contributed by atoms with Crippen molar-refractivity contribution in [1.29, 1.82) is 0 Å². The molecule has 0 spiro atoms. The van der Waals surface area contributed by atoms with Crippen molar-refractivity contribution in [1.82, 2.24) is 14.5 Å². The van der Waals surface area contributed by atoms with Gasteiger partial charge >= 0.3 is 6.01 Å². The highest BCUT2D eigenvalue weighted by Crippen LogP contribution is 2.37. The van der Waals surface area contributed by atoms with Crippen molar-refractivity contribution < 1.29 is 28.4 Å². The van der Waals surface area contributed by atoms with E-state index in [0.29, 0.717) is 49.1 Å². The summed E-state index contributed by atoms with van der Waals surface area (Å²) in [6.07, 6.45) is 4.01. The van der Waals surface area contributed by atoms with Gasteiger partial charge in [0, 0.05) is 34.4 Å². The third kappa shape index (κ3) is 7.25. The molecule has 1 aromatic carbocycles. The topological polar surface area (TPSA) is 89.3 Å². The molecule has 7 rings (SSSR count). The zero-order valence-corrected chi connectivity index (χ0v) is 29.0. The second-order valence-electron chi connectivity index (χ2n) is 14.2. The third-order valence-electron chi connectivity index (χ3n) is 9.61. The molecule has 10 nitrogen and oxygen atoms in total.